The molecule has 0 spiro atoms. The Morgan fingerprint density at radius 3 is 3.12 bits per heavy atom. The molecule has 1 atom stereocenters. The lowest BCUT2D eigenvalue weighted by atomic mass is 9.97. The number of nitrogens with one attached hydrogen (secondary N) is 1. The van der Waals surface area contributed by atoms with E-state index in [9.17, 15) is 4.39 Å². The van der Waals surface area contributed by atoms with E-state index in [-0.39, 0.29) is 0 Å². The van der Waals surface area contributed by atoms with Crippen molar-refractivity contribution in [3.05, 3.63) is 47.7 Å². The second kappa shape index (κ2) is 4.34. The van der Waals surface area contributed by atoms with Crippen molar-refractivity contribution in [2.45, 2.75) is 12.6 Å². The second-order valence-electron chi connectivity index (χ2n) is 4.28. The number of rotatable bonds is 1. The highest BCUT2D eigenvalue weighted by Gasteiger charge is 2.18. The van der Waals surface area contributed by atoms with Gasteiger partial charge in [-0.2, -0.15) is 0 Å². The zero-order chi connectivity index (χ0) is 11.7. The number of alkyl halides is 1. The van der Waals surface area contributed by atoms with E-state index >= 15 is 0 Å². The quantitative estimate of drug-likeness (QED) is 0.802. The van der Waals surface area contributed by atoms with Crippen LogP contribution in [0.5, 0.6) is 5.75 Å². The first kappa shape index (κ1) is 10.5. The molecule has 0 bridgehead atoms. The van der Waals surface area contributed by atoms with Gasteiger partial charge in [0.2, 0.25) is 0 Å². The number of halogens is 1. The molecule has 2 aliphatic heterocycles. The fraction of sp³-hybridized carbons (Fsp3) is 0.286. The Morgan fingerprint density at radius 2 is 2.29 bits per heavy atom. The van der Waals surface area contributed by atoms with Crippen LogP contribution >= 0.6 is 0 Å². The summed E-state index contributed by atoms with van der Waals surface area (Å²) in [6, 6.07) is 5.73. The van der Waals surface area contributed by atoms with Crippen molar-refractivity contribution in [1.82, 2.24) is 5.32 Å². The maximum absolute atomic E-state index is 13.6. The van der Waals surface area contributed by atoms with Crippen molar-refractivity contribution in [2.24, 2.45) is 0 Å². The predicted octanol–water partition coefficient (Wildman–Crippen LogP) is 2.98. The van der Waals surface area contributed by atoms with Gasteiger partial charge in [-0.05, 0) is 36.2 Å². The summed E-state index contributed by atoms with van der Waals surface area (Å²) in [5.41, 5.74) is 3.05. The summed E-state index contributed by atoms with van der Waals surface area (Å²) in [6.45, 7) is 1.90. The third-order valence-electron chi connectivity index (χ3n) is 3.19. The SMILES string of the molecule is FC1C=COc2cc(C3=CCNCC3)ccc21. The first-order valence-corrected chi connectivity index (χ1v) is 5.86. The molecule has 1 aromatic rings. The van der Waals surface area contributed by atoms with Crippen molar-refractivity contribution in [3.8, 4) is 5.75 Å². The lowest BCUT2D eigenvalue weighted by Crippen LogP contribution is -2.20. The van der Waals surface area contributed by atoms with Gasteiger partial charge in [0.1, 0.15) is 5.75 Å². The molecule has 1 N–H and O–H groups in total. The van der Waals surface area contributed by atoms with Gasteiger partial charge in [0.25, 0.3) is 0 Å². The Balaban J connectivity index is 1.96. The fourth-order valence-electron chi connectivity index (χ4n) is 2.23. The Labute approximate surface area is 99.8 Å². The van der Waals surface area contributed by atoms with Crippen molar-refractivity contribution < 1.29 is 9.13 Å². The van der Waals surface area contributed by atoms with Crippen LogP contribution in [0.4, 0.5) is 4.39 Å². The average Bonchev–Trinajstić information content (AvgIpc) is 2.40. The van der Waals surface area contributed by atoms with Gasteiger partial charge in [-0.25, -0.2) is 4.39 Å². The Kier molecular flexibility index (Phi) is 2.69. The third-order valence-corrected chi connectivity index (χ3v) is 3.19. The topological polar surface area (TPSA) is 21.3 Å². The normalized spacial score (nSPS) is 22.6. The summed E-state index contributed by atoms with van der Waals surface area (Å²) in [7, 11) is 0. The summed E-state index contributed by atoms with van der Waals surface area (Å²) in [5.74, 6) is 0.636. The van der Waals surface area contributed by atoms with Crippen molar-refractivity contribution in [1.29, 1.82) is 0 Å². The monoisotopic (exact) mass is 231 g/mol. The van der Waals surface area contributed by atoms with Crippen molar-refractivity contribution in [2.75, 3.05) is 13.1 Å². The smallest absolute Gasteiger partial charge is 0.150 e. The molecule has 3 rings (SSSR count). The van der Waals surface area contributed by atoms with Gasteiger partial charge in [-0.15, -0.1) is 0 Å². The Bertz CT molecular complexity index is 493. The molecular formula is C14H14FNO. The van der Waals surface area contributed by atoms with E-state index < -0.39 is 6.17 Å². The molecule has 2 nitrogen and oxygen atoms in total. The molecule has 0 aromatic heterocycles. The molecular weight excluding hydrogens is 217 g/mol. The molecule has 0 saturated carbocycles. The van der Waals surface area contributed by atoms with Gasteiger partial charge in [0.15, 0.2) is 6.17 Å². The standard InChI is InChI=1S/C14H14FNO/c15-13-5-8-17-14-9-11(1-2-12(13)14)10-3-6-16-7-4-10/h1-3,5,8-9,13,16H,4,6-7H2. The largest absolute Gasteiger partial charge is 0.465 e. The minimum atomic E-state index is -1.05. The maximum Gasteiger partial charge on any atom is 0.150 e. The molecule has 0 aliphatic carbocycles. The number of benzene rings is 1. The van der Waals surface area contributed by atoms with Crippen LogP contribution in [0.25, 0.3) is 5.57 Å². The lowest BCUT2D eigenvalue weighted by molar-refractivity contribution is 0.361. The van der Waals surface area contributed by atoms with Crippen LogP contribution in [0.15, 0.2) is 36.6 Å². The molecule has 0 saturated heterocycles. The van der Waals surface area contributed by atoms with E-state index in [1.54, 1.807) is 0 Å². The fourth-order valence-corrected chi connectivity index (χ4v) is 2.23. The third kappa shape index (κ3) is 1.98. The van der Waals surface area contributed by atoms with Crippen LogP contribution < -0.4 is 10.1 Å². The number of hydrogen-bond acceptors (Lipinski definition) is 2. The average molecular weight is 231 g/mol. The highest BCUT2D eigenvalue weighted by molar-refractivity contribution is 5.68. The van der Waals surface area contributed by atoms with E-state index in [1.807, 2.05) is 18.2 Å². The van der Waals surface area contributed by atoms with Crippen LogP contribution in [0.1, 0.15) is 23.7 Å². The molecule has 2 aliphatic rings. The molecule has 0 radical (unpaired) electrons. The number of fused-ring (bicyclic) bond motifs is 1. The molecule has 0 amide bonds. The second-order valence-corrected chi connectivity index (χ2v) is 4.28. The van der Waals surface area contributed by atoms with Gasteiger partial charge in [0.05, 0.1) is 6.26 Å². The molecule has 3 heteroatoms. The minimum Gasteiger partial charge on any atom is -0.465 e. The summed E-state index contributed by atoms with van der Waals surface area (Å²) >= 11 is 0. The summed E-state index contributed by atoms with van der Waals surface area (Å²) in [4.78, 5) is 0. The molecule has 88 valence electrons. The number of allylic oxidation sites excluding steroid dienone is 1. The Morgan fingerprint density at radius 1 is 1.35 bits per heavy atom. The van der Waals surface area contributed by atoms with Crippen LogP contribution in [-0.4, -0.2) is 13.1 Å². The Hall–Kier alpha value is -1.61. The van der Waals surface area contributed by atoms with E-state index in [4.69, 9.17) is 4.74 Å². The summed E-state index contributed by atoms with van der Waals surface area (Å²) < 4.78 is 18.9. The minimum absolute atomic E-state index is 0.616. The molecule has 1 aromatic carbocycles. The van der Waals surface area contributed by atoms with Crippen LogP contribution in [-0.2, 0) is 0 Å². The molecule has 17 heavy (non-hydrogen) atoms. The summed E-state index contributed by atoms with van der Waals surface area (Å²) in [6.07, 6.45) is 4.99. The van der Waals surface area contributed by atoms with E-state index in [2.05, 4.69) is 11.4 Å². The van der Waals surface area contributed by atoms with Crippen molar-refractivity contribution in [3.63, 3.8) is 0 Å². The molecule has 0 fully saturated rings. The van der Waals surface area contributed by atoms with E-state index in [1.165, 1.54) is 17.9 Å². The lowest BCUT2D eigenvalue weighted by Gasteiger charge is -2.19. The number of ether oxygens (including phenoxy) is 1. The molecule has 1 unspecified atom stereocenters. The van der Waals surface area contributed by atoms with Crippen LogP contribution in [0, 0.1) is 0 Å². The zero-order valence-electron chi connectivity index (χ0n) is 9.45. The van der Waals surface area contributed by atoms with Gasteiger partial charge in [0, 0.05) is 12.1 Å². The maximum atomic E-state index is 13.6. The highest BCUT2D eigenvalue weighted by atomic mass is 19.1. The first-order valence-electron chi connectivity index (χ1n) is 5.86. The van der Waals surface area contributed by atoms with Gasteiger partial charge in [-0.3, -0.25) is 0 Å². The first-order chi connectivity index (χ1) is 8.34. The van der Waals surface area contributed by atoms with Gasteiger partial charge < -0.3 is 10.1 Å². The van der Waals surface area contributed by atoms with Crippen molar-refractivity contribution >= 4 is 5.57 Å². The van der Waals surface area contributed by atoms with Crippen LogP contribution in [0.3, 0.4) is 0 Å². The van der Waals surface area contributed by atoms with Gasteiger partial charge in [-0.1, -0.05) is 18.2 Å². The predicted molar refractivity (Wildman–Crippen MR) is 65.5 cm³/mol. The van der Waals surface area contributed by atoms with E-state index in [0.29, 0.717) is 11.3 Å². The number of hydrogen-bond donors (Lipinski definition) is 1. The van der Waals surface area contributed by atoms with Gasteiger partial charge >= 0.3 is 0 Å². The van der Waals surface area contributed by atoms with Crippen LogP contribution in [0.2, 0.25) is 0 Å². The van der Waals surface area contributed by atoms with E-state index in [0.717, 1.165) is 25.1 Å². The zero-order valence-corrected chi connectivity index (χ0v) is 9.45. The summed E-state index contributed by atoms with van der Waals surface area (Å²) in [5, 5.41) is 3.28. The highest BCUT2D eigenvalue weighted by Crippen LogP contribution is 2.35. The molecule has 2 heterocycles.